The molecule has 0 amide bonds. The zero-order valence-corrected chi connectivity index (χ0v) is 13.1. The Balaban J connectivity index is 2.11. The number of benzene rings is 1. The number of rotatable bonds is 7. The van der Waals surface area contributed by atoms with Crippen LogP contribution in [0.2, 0.25) is 0 Å². The summed E-state index contributed by atoms with van der Waals surface area (Å²) in [6.07, 6.45) is 3.80. The summed E-state index contributed by atoms with van der Waals surface area (Å²) in [5, 5.41) is 3.56. The van der Waals surface area contributed by atoms with Gasteiger partial charge < -0.3 is 10.1 Å². The largest absolute Gasteiger partial charge is 0.487 e. The molecular formula is C17H25F2NO. The van der Waals surface area contributed by atoms with E-state index in [4.69, 9.17) is 4.74 Å². The van der Waals surface area contributed by atoms with Gasteiger partial charge in [-0.1, -0.05) is 26.8 Å². The third-order valence-corrected chi connectivity index (χ3v) is 4.93. The van der Waals surface area contributed by atoms with E-state index in [1.54, 1.807) is 0 Å². The molecule has 2 nitrogen and oxygen atoms in total. The van der Waals surface area contributed by atoms with E-state index in [0.717, 1.165) is 38.3 Å². The predicted octanol–water partition coefficient (Wildman–Crippen LogP) is 4.29. The van der Waals surface area contributed by atoms with Crippen molar-refractivity contribution in [1.82, 2.24) is 5.32 Å². The third-order valence-electron chi connectivity index (χ3n) is 4.93. The topological polar surface area (TPSA) is 21.3 Å². The third kappa shape index (κ3) is 2.91. The lowest BCUT2D eigenvalue weighted by molar-refractivity contribution is -0.0873. The van der Waals surface area contributed by atoms with Gasteiger partial charge in [-0.3, -0.25) is 0 Å². The number of nitrogens with one attached hydrogen (secondary N) is 1. The maximum absolute atomic E-state index is 13.8. The minimum Gasteiger partial charge on any atom is -0.487 e. The van der Waals surface area contributed by atoms with Crippen LogP contribution in [0.25, 0.3) is 0 Å². The molecule has 0 aliphatic heterocycles. The fourth-order valence-electron chi connectivity index (χ4n) is 3.44. The first-order valence-corrected chi connectivity index (χ1v) is 7.93. The highest BCUT2D eigenvalue weighted by Crippen LogP contribution is 2.49. The van der Waals surface area contributed by atoms with Crippen molar-refractivity contribution in [2.45, 2.75) is 58.6 Å². The summed E-state index contributed by atoms with van der Waals surface area (Å²) in [5.74, 6) is -1.71. The molecular weight excluding hydrogens is 272 g/mol. The second-order valence-electron chi connectivity index (χ2n) is 5.84. The highest BCUT2D eigenvalue weighted by molar-refractivity contribution is 5.26. The molecule has 0 spiro atoms. The second-order valence-corrected chi connectivity index (χ2v) is 5.84. The van der Waals surface area contributed by atoms with Crippen molar-refractivity contribution < 1.29 is 13.5 Å². The summed E-state index contributed by atoms with van der Waals surface area (Å²) in [4.78, 5) is 0. The van der Waals surface area contributed by atoms with Crippen LogP contribution in [0.3, 0.4) is 0 Å². The molecule has 0 heterocycles. The Morgan fingerprint density at radius 2 is 1.95 bits per heavy atom. The SMILES string of the molecule is CCCNC1CC(Oc2cccc(F)c2F)C1(CC)CC. The van der Waals surface area contributed by atoms with E-state index in [9.17, 15) is 8.78 Å². The minimum atomic E-state index is -0.886. The monoisotopic (exact) mass is 297 g/mol. The van der Waals surface area contributed by atoms with E-state index in [2.05, 4.69) is 26.1 Å². The lowest BCUT2D eigenvalue weighted by Crippen LogP contribution is -2.64. The molecule has 2 rings (SSSR count). The Morgan fingerprint density at radius 1 is 1.24 bits per heavy atom. The fourth-order valence-corrected chi connectivity index (χ4v) is 3.44. The van der Waals surface area contributed by atoms with Crippen molar-refractivity contribution in [3.63, 3.8) is 0 Å². The lowest BCUT2D eigenvalue weighted by atomic mass is 9.58. The van der Waals surface area contributed by atoms with Gasteiger partial charge in [-0.15, -0.1) is 0 Å². The number of halogens is 2. The van der Waals surface area contributed by atoms with E-state index in [1.807, 2.05) is 0 Å². The summed E-state index contributed by atoms with van der Waals surface area (Å²) < 4.78 is 32.9. The molecule has 1 aromatic carbocycles. The smallest absolute Gasteiger partial charge is 0.200 e. The van der Waals surface area contributed by atoms with Crippen LogP contribution in [-0.4, -0.2) is 18.7 Å². The molecule has 118 valence electrons. The summed E-state index contributed by atoms with van der Waals surface area (Å²) in [5.41, 5.74) is 0.00786. The maximum atomic E-state index is 13.8. The van der Waals surface area contributed by atoms with Gasteiger partial charge in [0.15, 0.2) is 11.6 Å². The van der Waals surface area contributed by atoms with Crippen LogP contribution in [-0.2, 0) is 0 Å². The molecule has 2 atom stereocenters. The van der Waals surface area contributed by atoms with E-state index < -0.39 is 11.6 Å². The molecule has 0 radical (unpaired) electrons. The number of ether oxygens (including phenoxy) is 1. The van der Waals surface area contributed by atoms with Crippen molar-refractivity contribution in [2.75, 3.05) is 6.54 Å². The molecule has 1 aliphatic rings. The van der Waals surface area contributed by atoms with Gasteiger partial charge >= 0.3 is 0 Å². The first-order valence-electron chi connectivity index (χ1n) is 7.93. The van der Waals surface area contributed by atoms with Gasteiger partial charge in [0.1, 0.15) is 6.10 Å². The number of hydrogen-bond acceptors (Lipinski definition) is 2. The Hall–Kier alpha value is -1.16. The van der Waals surface area contributed by atoms with Gasteiger partial charge in [0.05, 0.1) is 0 Å². The van der Waals surface area contributed by atoms with Crippen LogP contribution in [0.5, 0.6) is 5.75 Å². The van der Waals surface area contributed by atoms with Crippen molar-refractivity contribution in [3.8, 4) is 5.75 Å². The molecule has 2 unspecified atom stereocenters. The summed E-state index contributed by atoms with van der Waals surface area (Å²) in [6.45, 7) is 7.40. The highest BCUT2D eigenvalue weighted by Gasteiger charge is 2.54. The lowest BCUT2D eigenvalue weighted by Gasteiger charge is -2.55. The molecule has 0 saturated heterocycles. The quantitative estimate of drug-likeness (QED) is 0.810. The normalized spacial score (nSPS) is 23.7. The number of hydrogen-bond donors (Lipinski definition) is 1. The van der Waals surface area contributed by atoms with Crippen LogP contribution >= 0.6 is 0 Å². The van der Waals surface area contributed by atoms with Crippen LogP contribution in [0.15, 0.2) is 18.2 Å². The molecule has 21 heavy (non-hydrogen) atoms. The average Bonchev–Trinajstić information content (AvgIpc) is 2.47. The zero-order chi connectivity index (χ0) is 15.5. The summed E-state index contributed by atoms with van der Waals surface area (Å²) in [6, 6.07) is 4.50. The van der Waals surface area contributed by atoms with E-state index in [-0.39, 0.29) is 17.3 Å². The Morgan fingerprint density at radius 3 is 2.57 bits per heavy atom. The zero-order valence-electron chi connectivity index (χ0n) is 13.1. The molecule has 0 aromatic heterocycles. The minimum absolute atomic E-state index is 0.00786. The van der Waals surface area contributed by atoms with Crippen LogP contribution in [0, 0.1) is 17.0 Å². The Labute approximate surface area is 125 Å². The van der Waals surface area contributed by atoms with E-state index in [1.165, 1.54) is 12.1 Å². The van der Waals surface area contributed by atoms with Crippen molar-refractivity contribution in [3.05, 3.63) is 29.8 Å². The molecule has 4 heteroatoms. The van der Waals surface area contributed by atoms with Crippen molar-refractivity contribution >= 4 is 0 Å². The molecule has 1 aliphatic carbocycles. The van der Waals surface area contributed by atoms with Gasteiger partial charge in [-0.2, -0.15) is 4.39 Å². The molecule has 1 fully saturated rings. The van der Waals surface area contributed by atoms with Crippen LogP contribution in [0.4, 0.5) is 8.78 Å². The summed E-state index contributed by atoms with van der Waals surface area (Å²) >= 11 is 0. The Kier molecular flexibility index (Phi) is 5.20. The first-order chi connectivity index (χ1) is 10.1. The van der Waals surface area contributed by atoms with Crippen molar-refractivity contribution in [1.29, 1.82) is 0 Å². The maximum Gasteiger partial charge on any atom is 0.200 e. The average molecular weight is 297 g/mol. The van der Waals surface area contributed by atoms with Gasteiger partial charge in [-0.05, 0) is 37.9 Å². The van der Waals surface area contributed by atoms with E-state index in [0.29, 0.717) is 6.04 Å². The summed E-state index contributed by atoms with van der Waals surface area (Å²) in [7, 11) is 0. The van der Waals surface area contributed by atoms with Gasteiger partial charge in [-0.25, -0.2) is 4.39 Å². The van der Waals surface area contributed by atoms with Crippen molar-refractivity contribution in [2.24, 2.45) is 5.41 Å². The van der Waals surface area contributed by atoms with Gasteiger partial charge in [0.2, 0.25) is 5.82 Å². The fraction of sp³-hybridized carbons (Fsp3) is 0.647. The Bertz CT molecular complexity index is 474. The predicted molar refractivity (Wildman–Crippen MR) is 80.5 cm³/mol. The molecule has 1 aromatic rings. The molecule has 1 saturated carbocycles. The standard InChI is InChI=1S/C17H25F2NO/c1-4-10-20-14-11-15(17(14,5-2)6-3)21-13-9-7-8-12(18)16(13)19/h7-9,14-15,20H,4-6,10-11H2,1-3H3. The molecule has 1 N–H and O–H groups in total. The van der Waals surface area contributed by atoms with Crippen LogP contribution < -0.4 is 10.1 Å². The van der Waals surface area contributed by atoms with Gasteiger partial charge in [0.25, 0.3) is 0 Å². The second kappa shape index (κ2) is 6.73. The van der Waals surface area contributed by atoms with E-state index >= 15 is 0 Å². The highest BCUT2D eigenvalue weighted by atomic mass is 19.2. The van der Waals surface area contributed by atoms with Gasteiger partial charge in [0, 0.05) is 17.9 Å². The molecule has 0 bridgehead atoms. The first kappa shape index (κ1) is 16.2. The van der Waals surface area contributed by atoms with Crippen LogP contribution in [0.1, 0.15) is 46.5 Å².